The highest BCUT2D eigenvalue weighted by Crippen LogP contribution is 2.28. The number of anilines is 2. The van der Waals surface area contributed by atoms with Crippen LogP contribution in [0.5, 0.6) is 11.5 Å². The predicted molar refractivity (Wildman–Crippen MR) is 138 cm³/mol. The van der Waals surface area contributed by atoms with Gasteiger partial charge in [-0.2, -0.15) is 8.78 Å². The summed E-state index contributed by atoms with van der Waals surface area (Å²) >= 11 is 0. The molecular weight excluding hydrogens is 521 g/mol. The summed E-state index contributed by atoms with van der Waals surface area (Å²) in [5.41, 5.74) is 0.223. The average Bonchev–Trinajstić information content (AvgIpc) is 3.12. The summed E-state index contributed by atoms with van der Waals surface area (Å²) in [6, 6.07) is 15.3. The quantitative estimate of drug-likeness (QED) is 0.219. The van der Waals surface area contributed by atoms with Crippen LogP contribution in [-0.2, 0) is 9.73 Å². The number of amides is 1. The van der Waals surface area contributed by atoms with Crippen molar-refractivity contribution in [2.24, 2.45) is 0 Å². The zero-order valence-electron chi connectivity index (χ0n) is 20.2. The minimum Gasteiger partial charge on any atom is -0.439 e. The van der Waals surface area contributed by atoms with Crippen molar-refractivity contribution in [2.45, 2.75) is 25.5 Å². The van der Waals surface area contributed by atoms with Gasteiger partial charge in [0.25, 0.3) is 5.91 Å². The Balaban J connectivity index is 1.64. The monoisotopic (exact) mass is 546 g/mol. The summed E-state index contributed by atoms with van der Waals surface area (Å²) in [6.07, 6.45) is 0.397. The van der Waals surface area contributed by atoms with Gasteiger partial charge in [0.2, 0.25) is 5.90 Å². The third-order valence-corrected chi connectivity index (χ3v) is 7.82. The molecule has 3 aromatic rings. The van der Waals surface area contributed by atoms with Gasteiger partial charge >= 0.3 is 6.61 Å². The molecular formula is C26H25F3N4O4S. The summed E-state index contributed by atoms with van der Waals surface area (Å²) in [5, 5.41) is 14.4. The van der Waals surface area contributed by atoms with Crippen molar-refractivity contribution in [2.75, 3.05) is 16.8 Å². The van der Waals surface area contributed by atoms with Gasteiger partial charge in [-0.1, -0.05) is 6.07 Å². The SMILES string of the molecule is C[C@]1(NC(=O)c2ccc(Nc3cccc(OC(F)F)c3)c(C(=N)Oc3ccc(F)cc3)c2)CCS(=N)(=O)C1. The van der Waals surface area contributed by atoms with Crippen LogP contribution in [0.2, 0.25) is 0 Å². The molecule has 0 aromatic heterocycles. The molecule has 0 spiro atoms. The number of halogens is 3. The normalized spacial score (nSPS) is 20.7. The van der Waals surface area contributed by atoms with Gasteiger partial charge in [0, 0.05) is 32.8 Å². The van der Waals surface area contributed by atoms with E-state index in [9.17, 15) is 22.2 Å². The highest BCUT2D eigenvalue weighted by Gasteiger charge is 2.37. The lowest BCUT2D eigenvalue weighted by Crippen LogP contribution is -2.46. The number of nitrogens with one attached hydrogen (secondary N) is 4. The summed E-state index contributed by atoms with van der Waals surface area (Å²) in [4.78, 5) is 13.1. The Morgan fingerprint density at radius 1 is 1.08 bits per heavy atom. The maximum Gasteiger partial charge on any atom is 0.387 e. The largest absolute Gasteiger partial charge is 0.439 e. The molecule has 1 aliphatic rings. The van der Waals surface area contributed by atoms with Crippen LogP contribution in [0.4, 0.5) is 24.5 Å². The third-order valence-electron chi connectivity index (χ3n) is 5.85. The molecule has 4 N–H and O–H groups in total. The molecule has 0 bridgehead atoms. The van der Waals surface area contributed by atoms with E-state index in [0.717, 1.165) is 0 Å². The van der Waals surface area contributed by atoms with E-state index in [2.05, 4.69) is 15.4 Å². The fourth-order valence-corrected chi connectivity index (χ4v) is 6.23. The number of hydrogen-bond donors (Lipinski definition) is 4. The second-order valence-corrected chi connectivity index (χ2v) is 11.4. The number of rotatable bonds is 8. The van der Waals surface area contributed by atoms with Crippen molar-refractivity contribution in [3.8, 4) is 11.5 Å². The molecule has 1 fully saturated rings. The van der Waals surface area contributed by atoms with E-state index in [1.165, 1.54) is 60.7 Å². The van der Waals surface area contributed by atoms with E-state index in [0.29, 0.717) is 17.8 Å². The van der Waals surface area contributed by atoms with Crippen molar-refractivity contribution in [1.82, 2.24) is 5.32 Å². The summed E-state index contributed by atoms with van der Waals surface area (Å²) in [6.45, 7) is -1.27. The van der Waals surface area contributed by atoms with Gasteiger partial charge in [0.05, 0.1) is 22.5 Å². The Morgan fingerprint density at radius 2 is 1.82 bits per heavy atom. The second-order valence-electron chi connectivity index (χ2n) is 9.10. The molecule has 12 heteroatoms. The average molecular weight is 547 g/mol. The standard InChI is InChI=1S/C26H25F3N4O4S/c1-26(11-12-38(31,35)15-26)33-24(34)16-5-10-22(32-18-3-2-4-20(14-18)37-25(28)29)21(13-16)23(30)36-19-8-6-17(27)7-9-19/h2-10,13-14,25,30-32H,11-12,15H2,1H3,(H,33,34)/t26-,38?/m0/s1. The minimum absolute atomic E-state index is 0.0404. The van der Waals surface area contributed by atoms with Crippen molar-refractivity contribution in [3.05, 3.63) is 83.7 Å². The molecule has 1 unspecified atom stereocenters. The lowest BCUT2D eigenvalue weighted by atomic mass is 10.0. The maximum atomic E-state index is 13.3. The zero-order chi connectivity index (χ0) is 27.5. The van der Waals surface area contributed by atoms with Crippen molar-refractivity contribution < 1.29 is 31.6 Å². The van der Waals surface area contributed by atoms with Crippen molar-refractivity contribution >= 4 is 32.9 Å². The van der Waals surface area contributed by atoms with E-state index < -0.39 is 33.6 Å². The van der Waals surface area contributed by atoms with Crippen LogP contribution in [0.25, 0.3) is 0 Å². The lowest BCUT2D eigenvalue weighted by Gasteiger charge is -2.24. The maximum absolute atomic E-state index is 13.3. The molecule has 4 rings (SSSR count). The number of ether oxygens (including phenoxy) is 2. The highest BCUT2D eigenvalue weighted by atomic mass is 32.2. The number of hydrogen-bond acceptors (Lipinski definition) is 7. The van der Waals surface area contributed by atoms with Crippen LogP contribution in [0.15, 0.2) is 66.7 Å². The third kappa shape index (κ3) is 6.82. The summed E-state index contributed by atoms with van der Waals surface area (Å²) in [7, 11) is -2.76. The summed E-state index contributed by atoms with van der Waals surface area (Å²) < 4.78 is 68.6. The van der Waals surface area contributed by atoms with Gasteiger partial charge in [-0.25, -0.2) is 8.60 Å². The van der Waals surface area contributed by atoms with E-state index in [1.807, 2.05) is 0 Å². The van der Waals surface area contributed by atoms with Crippen LogP contribution >= 0.6 is 0 Å². The fourth-order valence-electron chi connectivity index (χ4n) is 4.06. The van der Waals surface area contributed by atoms with Crippen molar-refractivity contribution in [3.63, 3.8) is 0 Å². The number of carbonyl (C=O) groups is 1. The fraction of sp³-hybridized carbons (Fsp3) is 0.231. The van der Waals surface area contributed by atoms with Crippen LogP contribution in [0.1, 0.15) is 29.3 Å². The first-order valence-electron chi connectivity index (χ1n) is 11.5. The first kappa shape index (κ1) is 27.0. The van der Waals surface area contributed by atoms with Gasteiger partial charge in [0.15, 0.2) is 0 Å². The first-order valence-corrected chi connectivity index (χ1v) is 13.4. The Labute approximate surface area is 217 Å². The Bertz CT molecular complexity index is 1470. The number of alkyl halides is 2. The number of benzene rings is 3. The van der Waals surface area contributed by atoms with Crippen LogP contribution < -0.4 is 20.1 Å². The van der Waals surface area contributed by atoms with Gasteiger partial charge < -0.3 is 20.1 Å². The minimum atomic E-state index is -3.00. The zero-order valence-corrected chi connectivity index (χ0v) is 21.0. The molecule has 1 saturated heterocycles. The van der Waals surface area contributed by atoms with E-state index in [4.69, 9.17) is 14.9 Å². The molecule has 2 atom stereocenters. The van der Waals surface area contributed by atoms with Crippen LogP contribution in [0, 0.1) is 16.0 Å². The molecule has 38 heavy (non-hydrogen) atoms. The molecule has 8 nitrogen and oxygen atoms in total. The second kappa shape index (κ2) is 10.7. The van der Waals surface area contributed by atoms with Gasteiger partial charge in [-0.15, -0.1) is 0 Å². The number of carbonyl (C=O) groups excluding carboxylic acids is 1. The molecule has 0 saturated carbocycles. The molecule has 200 valence electrons. The van der Waals surface area contributed by atoms with Gasteiger partial charge in [-0.3, -0.25) is 15.0 Å². The van der Waals surface area contributed by atoms with Gasteiger partial charge in [-0.05, 0) is 67.9 Å². The Morgan fingerprint density at radius 3 is 2.47 bits per heavy atom. The predicted octanol–water partition coefficient (Wildman–Crippen LogP) is 5.51. The smallest absolute Gasteiger partial charge is 0.387 e. The Kier molecular flexibility index (Phi) is 7.63. The molecule has 3 aromatic carbocycles. The van der Waals surface area contributed by atoms with Crippen molar-refractivity contribution in [1.29, 1.82) is 10.2 Å². The topological polar surface area (TPSA) is 124 Å². The summed E-state index contributed by atoms with van der Waals surface area (Å²) in [5.74, 6) is -0.979. The van der Waals surface area contributed by atoms with Gasteiger partial charge in [0.1, 0.15) is 17.3 Å². The first-order chi connectivity index (χ1) is 17.9. The molecule has 1 amide bonds. The van der Waals surface area contributed by atoms with E-state index in [-0.39, 0.29) is 40.0 Å². The molecule has 0 radical (unpaired) electrons. The van der Waals surface area contributed by atoms with E-state index >= 15 is 0 Å². The molecule has 1 aliphatic heterocycles. The van der Waals surface area contributed by atoms with Crippen LogP contribution in [-0.4, -0.2) is 39.7 Å². The lowest BCUT2D eigenvalue weighted by molar-refractivity contribution is -0.0498. The van der Waals surface area contributed by atoms with E-state index in [1.54, 1.807) is 13.0 Å². The molecule has 0 aliphatic carbocycles. The Hall–Kier alpha value is -4.06. The molecule has 1 heterocycles. The highest BCUT2D eigenvalue weighted by molar-refractivity contribution is 7.92. The van der Waals surface area contributed by atoms with Crippen LogP contribution in [0.3, 0.4) is 0 Å².